The molecule has 2 amide bonds. The molecule has 0 spiro atoms. The minimum Gasteiger partial charge on any atom is -0.343 e. The highest BCUT2D eigenvalue weighted by atomic mass is 32.2. The summed E-state index contributed by atoms with van der Waals surface area (Å²) in [6, 6.07) is 23.5. The Morgan fingerprint density at radius 2 is 1.48 bits per heavy atom. The summed E-state index contributed by atoms with van der Waals surface area (Å²) >= 11 is 1.75. The lowest BCUT2D eigenvalue weighted by atomic mass is 10.1. The molecule has 0 aromatic heterocycles. The first-order valence-electron chi connectivity index (χ1n) is 9.44. The molecule has 5 heteroatoms. The molecule has 0 fully saturated rings. The number of hydrogen-bond acceptors (Lipinski definition) is 3. The molecule has 29 heavy (non-hydrogen) atoms. The minimum absolute atomic E-state index is 0.0712. The van der Waals surface area contributed by atoms with Gasteiger partial charge < -0.3 is 10.6 Å². The van der Waals surface area contributed by atoms with Crippen molar-refractivity contribution >= 4 is 29.3 Å². The van der Waals surface area contributed by atoms with Crippen molar-refractivity contribution in [2.24, 2.45) is 0 Å². The van der Waals surface area contributed by atoms with Gasteiger partial charge in [0.05, 0.1) is 6.54 Å². The van der Waals surface area contributed by atoms with Crippen LogP contribution >= 0.6 is 11.8 Å². The number of amides is 2. The van der Waals surface area contributed by atoms with Crippen LogP contribution in [0.4, 0.5) is 5.69 Å². The predicted molar refractivity (Wildman–Crippen MR) is 119 cm³/mol. The molecule has 0 bridgehead atoms. The molecule has 3 rings (SSSR count). The van der Waals surface area contributed by atoms with Crippen LogP contribution in [0.5, 0.6) is 0 Å². The van der Waals surface area contributed by atoms with Crippen LogP contribution in [0, 0.1) is 13.8 Å². The van der Waals surface area contributed by atoms with E-state index in [0.717, 1.165) is 28.1 Å². The van der Waals surface area contributed by atoms with Crippen molar-refractivity contribution < 1.29 is 9.59 Å². The molecule has 3 aromatic rings. The highest BCUT2D eigenvalue weighted by molar-refractivity contribution is 7.98. The Labute approximate surface area is 175 Å². The van der Waals surface area contributed by atoms with Gasteiger partial charge in [0.2, 0.25) is 5.91 Å². The molecule has 0 atom stereocenters. The Morgan fingerprint density at radius 1 is 0.828 bits per heavy atom. The molecule has 0 aliphatic rings. The average molecular weight is 405 g/mol. The number of anilines is 1. The lowest BCUT2D eigenvalue weighted by Gasteiger charge is -2.12. The van der Waals surface area contributed by atoms with Gasteiger partial charge >= 0.3 is 0 Å². The van der Waals surface area contributed by atoms with Crippen molar-refractivity contribution in [1.82, 2.24) is 5.32 Å². The van der Waals surface area contributed by atoms with E-state index in [4.69, 9.17) is 0 Å². The van der Waals surface area contributed by atoms with Crippen LogP contribution in [0.3, 0.4) is 0 Å². The first-order chi connectivity index (χ1) is 14.0. The SMILES string of the molecule is Cc1cccc(C)c1NC(=O)CNC(=O)c1ccc(CSc2ccccc2)cc1. The summed E-state index contributed by atoms with van der Waals surface area (Å²) in [5.74, 6) is 0.333. The van der Waals surface area contributed by atoms with Crippen LogP contribution in [-0.4, -0.2) is 18.4 Å². The van der Waals surface area contributed by atoms with Crippen LogP contribution in [0.15, 0.2) is 77.7 Å². The third-order valence-electron chi connectivity index (χ3n) is 4.52. The van der Waals surface area contributed by atoms with Crippen LogP contribution in [0.1, 0.15) is 27.0 Å². The lowest BCUT2D eigenvalue weighted by molar-refractivity contribution is -0.115. The van der Waals surface area contributed by atoms with E-state index in [0.29, 0.717) is 5.56 Å². The number of aryl methyl sites for hydroxylation is 2. The second-order valence-corrected chi connectivity index (χ2v) is 7.85. The van der Waals surface area contributed by atoms with Crippen LogP contribution in [-0.2, 0) is 10.5 Å². The second-order valence-electron chi connectivity index (χ2n) is 6.80. The molecule has 0 unspecified atom stereocenters. The van der Waals surface area contributed by atoms with Gasteiger partial charge in [-0.2, -0.15) is 0 Å². The summed E-state index contributed by atoms with van der Waals surface area (Å²) in [6.07, 6.45) is 0. The zero-order valence-corrected chi connectivity index (χ0v) is 17.4. The van der Waals surface area contributed by atoms with E-state index in [1.807, 2.05) is 62.4 Å². The first kappa shape index (κ1) is 20.7. The van der Waals surface area contributed by atoms with Crippen molar-refractivity contribution in [3.63, 3.8) is 0 Å². The van der Waals surface area contributed by atoms with Crippen molar-refractivity contribution in [3.05, 3.63) is 95.1 Å². The van der Waals surface area contributed by atoms with Crippen LogP contribution in [0.25, 0.3) is 0 Å². The van der Waals surface area contributed by atoms with Crippen LogP contribution in [0.2, 0.25) is 0 Å². The second kappa shape index (κ2) is 9.94. The zero-order valence-electron chi connectivity index (χ0n) is 16.6. The number of para-hydroxylation sites is 1. The number of rotatable bonds is 7. The number of carbonyl (C=O) groups excluding carboxylic acids is 2. The molecule has 148 valence electrons. The van der Waals surface area contributed by atoms with Gasteiger partial charge in [-0.25, -0.2) is 0 Å². The Morgan fingerprint density at radius 3 is 2.14 bits per heavy atom. The third kappa shape index (κ3) is 5.96. The van der Waals surface area contributed by atoms with E-state index < -0.39 is 0 Å². The summed E-state index contributed by atoms with van der Waals surface area (Å²) in [5.41, 5.74) is 4.47. The number of benzene rings is 3. The van der Waals surface area contributed by atoms with Gasteiger partial charge in [0.1, 0.15) is 0 Å². The smallest absolute Gasteiger partial charge is 0.251 e. The van der Waals surface area contributed by atoms with Crippen molar-refractivity contribution in [2.75, 3.05) is 11.9 Å². The largest absolute Gasteiger partial charge is 0.343 e. The average Bonchev–Trinajstić information content (AvgIpc) is 2.74. The monoisotopic (exact) mass is 404 g/mol. The molecule has 2 N–H and O–H groups in total. The Bertz CT molecular complexity index is 965. The summed E-state index contributed by atoms with van der Waals surface area (Å²) in [6.45, 7) is 3.82. The highest BCUT2D eigenvalue weighted by Crippen LogP contribution is 2.22. The van der Waals surface area contributed by atoms with Gasteiger partial charge in [0.25, 0.3) is 5.91 Å². The Balaban J connectivity index is 1.49. The molecule has 0 saturated heterocycles. The maximum Gasteiger partial charge on any atom is 0.251 e. The van der Waals surface area contributed by atoms with Gasteiger partial charge in [0.15, 0.2) is 0 Å². The van der Waals surface area contributed by atoms with Gasteiger partial charge in [-0.3, -0.25) is 9.59 Å². The standard InChI is InChI=1S/C24H24N2O2S/c1-17-7-6-8-18(2)23(17)26-22(27)15-25-24(28)20-13-11-19(12-14-20)16-29-21-9-4-3-5-10-21/h3-14H,15-16H2,1-2H3,(H,25,28)(H,26,27). The fraction of sp³-hybridized carbons (Fsp3) is 0.167. The van der Waals surface area contributed by atoms with Crippen LogP contribution < -0.4 is 10.6 Å². The molecule has 0 saturated carbocycles. The van der Waals surface area contributed by atoms with E-state index in [-0.39, 0.29) is 18.4 Å². The molecular formula is C24H24N2O2S. The van der Waals surface area contributed by atoms with Gasteiger partial charge in [-0.15, -0.1) is 11.8 Å². The van der Waals surface area contributed by atoms with Gasteiger partial charge in [0, 0.05) is 21.9 Å². The van der Waals surface area contributed by atoms with E-state index in [1.165, 1.54) is 4.90 Å². The van der Waals surface area contributed by atoms with Crippen molar-refractivity contribution in [3.8, 4) is 0 Å². The van der Waals surface area contributed by atoms with E-state index in [1.54, 1.807) is 23.9 Å². The molecule has 0 aliphatic carbocycles. The van der Waals surface area contributed by atoms with Crippen molar-refractivity contribution in [2.45, 2.75) is 24.5 Å². The summed E-state index contributed by atoms with van der Waals surface area (Å²) in [7, 11) is 0. The van der Waals surface area contributed by atoms with E-state index in [9.17, 15) is 9.59 Å². The highest BCUT2D eigenvalue weighted by Gasteiger charge is 2.10. The molecule has 3 aromatic carbocycles. The zero-order chi connectivity index (χ0) is 20.6. The lowest BCUT2D eigenvalue weighted by Crippen LogP contribution is -2.33. The molecule has 0 aliphatic heterocycles. The van der Waals surface area contributed by atoms with E-state index >= 15 is 0 Å². The maximum atomic E-state index is 12.3. The number of carbonyl (C=O) groups is 2. The first-order valence-corrected chi connectivity index (χ1v) is 10.4. The number of nitrogens with one attached hydrogen (secondary N) is 2. The van der Waals surface area contributed by atoms with Gasteiger partial charge in [-0.1, -0.05) is 48.5 Å². The van der Waals surface area contributed by atoms with Crippen molar-refractivity contribution in [1.29, 1.82) is 0 Å². The number of hydrogen-bond donors (Lipinski definition) is 2. The third-order valence-corrected chi connectivity index (χ3v) is 5.60. The minimum atomic E-state index is -0.260. The quantitative estimate of drug-likeness (QED) is 0.547. The van der Waals surface area contributed by atoms with E-state index in [2.05, 4.69) is 22.8 Å². The summed E-state index contributed by atoms with van der Waals surface area (Å²) in [5, 5.41) is 5.55. The maximum absolute atomic E-state index is 12.3. The van der Waals surface area contributed by atoms with Gasteiger partial charge in [-0.05, 0) is 54.8 Å². The topological polar surface area (TPSA) is 58.2 Å². The number of thioether (sulfide) groups is 1. The molecule has 4 nitrogen and oxygen atoms in total. The fourth-order valence-electron chi connectivity index (χ4n) is 2.89. The molecule has 0 heterocycles. The molecular weight excluding hydrogens is 380 g/mol. The fourth-order valence-corrected chi connectivity index (χ4v) is 3.77. The normalized spacial score (nSPS) is 10.4. The molecule has 0 radical (unpaired) electrons. The summed E-state index contributed by atoms with van der Waals surface area (Å²) in [4.78, 5) is 25.7. The Hall–Kier alpha value is -3.05. The predicted octanol–water partition coefficient (Wildman–Crippen LogP) is 4.96. The Kier molecular flexibility index (Phi) is 7.09. The summed E-state index contributed by atoms with van der Waals surface area (Å²) < 4.78 is 0.